The molecular formula is C18H22Cl2N2O. The predicted molar refractivity (Wildman–Crippen MR) is 95.8 cm³/mol. The monoisotopic (exact) mass is 352 g/mol. The van der Waals surface area contributed by atoms with Crippen molar-refractivity contribution in [2.45, 2.75) is 33.1 Å². The first-order valence-electron chi connectivity index (χ1n) is 7.82. The highest BCUT2D eigenvalue weighted by Gasteiger charge is 2.36. The Labute approximate surface area is 147 Å². The minimum Gasteiger partial charge on any atom is -0.352 e. The van der Waals surface area contributed by atoms with E-state index < -0.39 is 0 Å². The molecule has 124 valence electrons. The Kier molecular flexibility index (Phi) is 6.25. The van der Waals surface area contributed by atoms with Gasteiger partial charge in [-0.2, -0.15) is 0 Å². The maximum Gasteiger partial charge on any atom is 0.244 e. The van der Waals surface area contributed by atoms with Gasteiger partial charge in [0, 0.05) is 12.6 Å². The largest absolute Gasteiger partial charge is 0.352 e. The van der Waals surface area contributed by atoms with Gasteiger partial charge in [0.15, 0.2) is 0 Å². The summed E-state index contributed by atoms with van der Waals surface area (Å²) >= 11 is 11.9. The van der Waals surface area contributed by atoms with Crippen LogP contribution in [0.5, 0.6) is 0 Å². The van der Waals surface area contributed by atoms with Gasteiger partial charge in [-0.15, -0.1) is 0 Å². The van der Waals surface area contributed by atoms with Crippen LogP contribution in [0.2, 0.25) is 10.3 Å². The third-order valence-corrected chi connectivity index (χ3v) is 4.09. The Hall–Kier alpha value is -1.32. The normalized spacial score (nSPS) is 21.0. The smallest absolute Gasteiger partial charge is 0.244 e. The van der Waals surface area contributed by atoms with E-state index >= 15 is 0 Å². The van der Waals surface area contributed by atoms with Crippen molar-refractivity contribution in [3.05, 3.63) is 51.8 Å². The van der Waals surface area contributed by atoms with Crippen molar-refractivity contribution in [2.75, 3.05) is 6.54 Å². The molecule has 2 atom stereocenters. The summed E-state index contributed by atoms with van der Waals surface area (Å²) in [5.74, 6) is 1.31. The summed E-state index contributed by atoms with van der Waals surface area (Å²) < 4.78 is 0. The van der Waals surface area contributed by atoms with Gasteiger partial charge in [-0.25, -0.2) is 4.98 Å². The molecule has 0 saturated heterocycles. The molecule has 0 unspecified atom stereocenters. The summed E-state index contributed by atoms with van der Waals surface area (Å²) in [4.78, 5) is 15.7. The zero-order chi connectivity index (χ0) is 17.0. The molecule has 1 aromatic heterocycles. The molecule has 1 saturated carbocycles. The Morgan fingerprint density at radius 2 is 2.04 bits per heavy atom. The second-order valence-electron chi connectivity index (χ2n) is 6.44. The fraction of sp³-hybridized carbons (Fsp3) is 0.444. The van der Waals surface area contributed by atoms with Gasteiger partial charge in [-0.1, -0.05) is 49.2 Å². The van der Waals surface area contributed by atoms with Gasteiger partial charge in [-0.3, -0.25) is 4.79 Å². The molecule has 1 fully saturated rings. The maximum absolute atomic E-state index is 11.7. The highest BCUT2D eigenvalue weighted by Crippen LogP contribution is 2.49. The molecule has 1 aromatic rings. The third kappa shape index (κ3) is 6.00. The SMILES string of the molecule is CC(C=C[C@@H]1C[C@H]1c1cc(Cl)nc(Cl)c1)=CC(=O)NCC(C)C. The number of allylic oxidation sites excluding steroid dienone is 3. The average Bonchev–Trinajstić information content (AvgIpc) is 3.21. The summed E-state index contributed by atoms with van der Waals surface area (Å²) in [5, 5.41) is 3.74. The lowest BCUT2D eigenvalue weighted by atomic mass is 10.1. The molecule has 3 nitrogen and oxygen atoms in total. The van der Waals surface area contributed by atoms with Crippen LogP contribution in [0, 0.1) is 11.8 Å². The molecule has 0 spiro atoms. The first-order valence-corrected chi connectivity index (χ1v) is 8.58. The first-order chi connectivity index (χ1) is 10.8. The van der Waals surface area contributed by atoms with E-state index in [4.69, 9.17) is 23.2 Å². The average molecular weight is 353 g/mol. The number of aromatic nitrogens is 1. The van der Waals surface area contributed by atoms with Gasteiger partial charge in [0.1, 0.15) is 10.3 Å². The second-order valence-corrected chi connectivity index (χ2v) is 7.21. The quantitative estimate of drug-likeness (QED) is 0.455. The summed E-state index contributed by atoms with van der Waals surface area (Å²) in [6.45, 7) is 6.77. The molecule has 1 heterocycles. The number of nitrogens with zero attached hydrogens (tertiary/aromatic N) is 1. The molecule has 1 aliphatic carbocycles. The number of carbonyl (C=O) groups is 1. The Morgan fingerprint density at radius 1 is 1.39 bits per heavy atom. The predicted octanol–water partition coefficient (Wildman–Crippen LogP) is 4.77. The summed E-state index contributed by atoms with van der Waals surface area (Å²) in [6.07, 6.45) is 6.86. The van der Waals surface area contributed by atoms with E-state index in [1.165, 1.54) is 0 Å². The van der Waals surface area contributed by atoms with Crippen LogP contribution >= 0.6 is 23.2 Å². The van der Waals surface area contributed by atoms with Crippen molar-refractivity contribution in [1.29, 1.82) is 0 Å². The minimum absolute atomic E-state index is 0.0408. The van der Waals surface area contributed by atoms with Crippen molar-refractivity contribution in [2.24, 2.45) is 11.8 Å². The van der Waals surface area contributed by atoms with Crippen molar-refractivity contribution in [3.8, 4) is 0 Å². The van der Waals surface area contributed by atoms with E-state index in [1.54, 1.807) is 6.08 Å². The highest BCUT2D eigenvalue weighted by molar-refractivity contribution is 6.32. The van der Waals surface area contributed by atoms with Gasteiger partial charge in [0.05, 0.1) is 0 Å². The van der Waals surface area contributed by atoms with Gasteiger partial charge >= 0.3 is 0 Å². The topological polar surface area (TPSA) is 42.0 Å². The van der Waals surface area contributed by atoms with Crippen LogP contribution in [0.1, 0.15) is 38.7 Å². The minimum atomic E-state index is -0.0408. The maximum atomic E-state index is 11.7. The van der Waals surface area contributed by atoms with Crippen LogP contribution in [0.25, 0.3) is 0 Å². The molecule has 0 aliphatic heterocycles. The van der Waals surface area contributed by atoms with Crippen LogP contribution in [0.15, 0.2) is 35.9 Å². The Bertz CT molecular complexity index is 618. The lowest BCUT2D eigenvalue weighted by molar-refractivity contribution is -0.116. The van der Waals surface area contributed by atoms with Gasteiger partial charge in [0.2, 0.25) is 5.91 Å². The van der Waals surface area contributed by atoms with E-state index in [0.717, 1.165) is 17.6 Å². The molecule has 1 aliphatic rings. The van der Waals surface area contributed by atoms with Gasteiger partial charge in [0.25, 0.3) is 0 Å². The molecule has 1 N–H and O–H groups in total. The van der Waals surface area contributed by atoms with Crippen LogP contribution in [-0.2, 0) is 4.79 Å². The molecule has 0 aromatic carbocycles. The van der Waals surface area contributed by atoms with E-state index in [-0.39, 0.29) is 5.91 Å². The first kappa shape index (κ1) is 18.0. The van der Waals surface area contributed by atoms with Crippen molar-refractivity contribution in [1.82, 2.24) is 10.3 Å². The number of amides is 1. The van der Waals surface area contributed by atoms with Crippen LogP contribution in [-0.4, -0.2) is 17.4 Å². The van der Waals surface area contributed by atoms with E-state index in [2.05, 4.69) is 30.2 Å². The Morgan fingerprint density at radius 3 is 2.65 bits per heavy atom. The van der Waals surface area contributed by atoms with Gasteiger partial charge < -0.3 is 5.32 Å². The molecule has 2 rings (SSSR count). The zero-order valence-corrected chi connectivity index (χ0v) is 15.2. The van der Waals surface area contributed by atoms with Crippen LogP contribution in [0.4, 0.5) is 0 Å². The van der Waals surface area contributed by atoms with Crippen molar-refractivity contribution < 1.29 is 4.79 Å². The second kappa shape index (κ2) is 7.98. The summed E-state index contributed by atoms with van der Waals surface area (Å²) in [7, 11) is 0. The number of halogens is 2. The van der Waals surface area contributed by atoms with E-state index in [9.17, 15) is 4.79 Å². The van der Waals surface area contributed by atoms with Crippen molar-refractivity contribution in [3.63, 3.8) is 0 Å². The molecule has 1 amide bonds. The van der Waals surface area contributed by atoms with Crippen molar-refractivity contribution >= 4 is 29.1 Å². The number of hydrogen-bond acceptors (Lipinski definition) is 2. The lowest BCUT2D eigenvalue weighted by Gasteiger charge is -2.04. The number of carbonyl (C=O) groups excluding carboxylic acids is 1. The molecule has 5 heteroatoms. The standard InChI is InChI=1S/C18H22Cl2N2O/c1-11(2)10-21-18(23)6-12(3)4-5-13-7-15(13)14-8-16(19)22-17(20)9-14/h4-6,8-9,11,13,15H,7,10H2,1-3H3,(H,21,23)/t13-,15-/m1/s1. The fourth-order valence-corrected chi connectivity index (χ4v) is 2.87. The summed E-state index contributed by atoms with van der Waals surface area (Å²) in [6, 6.07) is 3.74. The molecule has 23 heavy (non-hydrogen) atoms. The summed E-state index contributed by atoms with van der Waals surface area (Å²) in [5.41, 5.74) is 2.07. The molecule has 0 bridgehead atoms. The van der Waals surface area contributed by atoms with Crippen LogP contribution in [0.3, 0.4) is 0 Å². The number of rotatable bonds is 6. The molecule has 0 radical (unpaired) electrons. The van der Waals surface area contributed by atoms with Crippen LogP contribution < -0.4 is 5.32 Å². The zero-order valence-electron chi connectivity index (χ0n) is 13.6. The molecular weight excluding hydrogens is 331 g/mol. The number of hydrogen-bond donors (Lipinski definition) is 1. The Balaban J connectivity index is 1.88. The number of nitrogens with one attached hydrogen (secondary N) is 1. The number of pyridine rings is 1. The fourth-order valence-electron chi connectivity index (χ4n) is 2.39. The lowest BCUT2D eigenvalue weighted by Crippen LogP contribution is -2.25. The van der Waals surface area contributed by atoms with Gasteiger partial charge in [-0.05, 0) is 54.4 Å². The van der Waals surface area contributed by atoms with E-state index in [1.807, 2.05) is 25.1 Å². The highest BCUT2D eigenvalue weighted by atomic mass is 35.5. The van der Waals surface area contributed by atoms with E-state index in [0.29, 0.717) is 34.6 Å². The third-order valence-electron chi connectivity index (χ3n) is 3.70.